The fraction of sp³-hybridized carbons (Fsp3) is 0.533. The molecule has 1 aromatic carbocycles. The summed E-state index contributed by atoms with van der Waals surface area (Å²) in [5.41, 5.74) is 9.58. The second kappa shape index (κ2) is 5.61. The Bertz CT molecular complexity index is 483. The van der Waals surface area contributed by atoms with Gasteiger partial charge < -0.3 is 10.5 Å². The van der Waals surface area contributed by atoms with E-state index in [1.165, 1.54) is 5.56 Å². The fourth-order valence-electron chi connectivity index (χ4n) is 2.47. The second-order valence-electron chi connectivity index (χ2n) is 5.24. The van der Waals surface area contributed by atoms with Gasteiger partial charge in [0.15, 0.2) is 0 Å². The van der Waals surface area contributed by atoms with Gasteiger partial charge in [0.05, 0.1) is 11.7 Å². The zero-order chi connectivity index (χ0) is 14.0. The average Bonchev–Trinajstić information content (AvgIpc) is 2.37. The van der Waals surface area contributed by atoms with Crippen molar-refractivity contribution in [2.24, 2.45) is 0 Å². The second-order valence-corrected chi connectivity index (χ2v) is 5.24. The molecule has 0 atom stereocenters. The lowest BCUT2D eigenvalue weighted by molar-refractivity contribution is 0.0379. The number of fused-ring (bicyclic) bond motifs is 1. The number of hydrogen-bond donors (Lipinski definition) is 1. The van der Waals surface area contributed by atoms with Crippen molar-refractivity contribution in [3.05, 3.63) is 28.8 Å². The number of hydrogen-bond acceptors (Lipinski definition) is 4. The number of nitrogens with zero attached hydrogens (tertiary/aromatic N) is 1. The molecule has 1 aliphatic heterocycles. The quantitative estimate of drug-likeness (QED) is 0.670. The van der Waals surface area contributed by atoms with Crippen LogP contribution < -0.4 is 5.73 Å². The molecule has 2 N–H and O–H groups in total. The molecule has 1 heterocycles. The first kappa shape index (κ1) is 13.9. The number of anilines is 1. The Hall–Kier alpha value is -1.55. The predicted octanol–water partition coefficient (Wildman–Crippen LogP) is 2.21. The van der Waals surface area contributed by atoms with Gasteiger partial charge in [-0.3, -0.25) is 4.90 Å². The monoisotopic (exact) mass is 262 g/mol. The Labute approximate surface area is 114 Å². The van der Waals surface area contributed by atoms with Crippen LogP contribution in [0.4, 0.5) is 5.69 Å². The standard InChI is InChI=1S/C15H22N2O2/c1-4-17-8-7-12-11(9-17)5-6-13(14(12)16)15(18)19-10(2)3/h5-6,10H,4,7-9,16H2,1-3H3. The van der Waals surface area contributed by atoms with Crippen molar-refractivity contribution in [2.45, 2.75) is 39.8 Å². The Morgan fingerprint density at radius 2 is 2.21 bits per heavy atom. The first-order chi connectivity index (χ1) is 9.02. The van der Waals surface area contributed by atoms with Crippen LogP contribution in [0.3, 0.4) is 0 Å². The third-order valence-electron chi connectivity index (χ3n) is 3.54. The molecule has 0 aliphatic carbocycles. The summed E-state index contributed by atoms with van der Waals surface area (Å²) in [6.07, 6.45) is 0.774. The SMILES string of the molecule is CCN1CCc2c(ccc(C(=O)OC(C)C)c2N)C1. The maximum Gasteiger partial charge on any atom is 0.340 e. The van der Waals surface area contributed by atoms with E-state index in [-0.39, 0.29) is 12.1 Å². The molecular weight excluding hydrogens is 240 g/mol. The lowest BCUT2D eigenvalue weighted by Crippen LogP contribution is -2.31. The molecule has 2 rings (SSSR count). The molecule has 4 nitrogen and oxygen atoms in total. The summed E-state index contributed by atoms with van der Waals surface area (Å²) in [7, 11) is 0. The number of nitrogen functional groups attached to an aromatic ring is 1. The molecule has 1 aromatic rings. The highest BCUT2D eigenvalue weighted by Gasteiger charge is 2.22. The molecule has 0 aromatic heterocycles. The third-order valence-corrected chi connectivity index (χ3v) is 3.54. The highest BCUT2D eigenvalue weighted by atomic mass is 16.5. The summed E-state index contributed by atoms with van der Waals surface area (Å²) >= 11 is 0. The Morgan fingerprint density at radius 1 is 1.47 bits per heavy atom. The van der Waals surface area contributed by atoms with Crippen molar-refractivity contribution in [3.8, 4) is 0 Å². The van der Waals surface area contributed by atoms with Crippen LogP contribution in [0.5, 0.6) is 0 Å². The summed E-state index contributed by atoms with van der Waals surface area (Å²) in [6, 6.07) is 3.79. The molecule has 1 aliphatic rings. The molecule has 0 radical (unpaired) electrons. The molecule has 104 valence electrons. The Morgan fingerprint density at radius 3 is 2.84 bits per heavy atom. The van der Waals surface area contributed by atoms with Gasteiger partial charge >= 0.3 is 5.97 Å². The van der Waals surface area contributed by atoms with Gasteiger partial charge in [-0.15, -0.1) is 0 Å². The minimum atomic E-state index is -0.326. The van der Waals surface area contributed by atoms with E-state index in [1.54, 1.807) is 6.07 Å². The number of likely N-dealkylation sites (N-methyl/N-ethyl adjacent to an activating group) is 1. The number of ether oxygens (including phenoxy) is 1. The summed E-state index contributed by atoms with van der Waals surface area (Å²) in [4.78, 5) is 14.3. The smallest absolute Gasteiger partial charge is 0.340 e. The van der Waals surface area contributed by atoms with Crippen LogP contribution >= 0.6 is 0 Å². The topological polar surface area (TPSA) is 55.6 Å². The first-order valence-corrected chi connectivity index (χ1v) is 6.86. The van der Waals surface area contributed by atoms with Gasteiger partial charge in [-0.25, -0.2) is 4.79 Å². The summed E-state index contributed by atoms with van der Waals surface area (Å²) in [6.45, 7) is 8.78. The van der Waals surface area contributed by atoms with E-state index in [0.717, 1.165) is 31.6 Å². The highest BCUT2D eigenvalue weighted by molar-refractivity contribution is 5.96. The zero-order valence-corrected chi connectivity index (χ0v) is 11.9. The van der Waals surface area contributed by atoms with Crippen molar-refractivity contribution in [2.75, 3.05) is 18.8 Å². The molecular formula is C15H22N2O2. The summed E-state index contributed by atoms with van der Waals surface area (Å²) < 4.78 is 5.22. The average molecular weight is 262 g/mol. The number of benzene rings is 1. The van der Waals surface area contributed by atoms with Gasteiger partial charge in [0.25, 0.3) is 0 Å². The number of esters is 1. The van der Waals surface area contributed by atoms with Crippen molar-refractivity contribution in [1.82, 2.24) is 4.90 Å². The van der Waals surface area contributed by atoms with Gasteiger partial charge in [0.2, 0.25) is 0 Å². The normalized spacial score (nSPS) is 15.4. The number of rotatable bonds is 3. The van der Waals surface area contributed by atoms with Crippen molar-refractivity contribution >= 4 is 11.7 Å². The van der Waals surface area contributed by atoms with E-state index in [0.29, 0.717) is 11.3 Å². The van der Waals surface area contributed by atoms with E-state index in [4.69, 9.17) is 10.5 Å². The van der Waals surface area contributed by atoms with Crippen LogP contribution in [0.25, 0.3) is 0 Å². The third kappa shape index (κ3) is 2.89. The maximum absolute atomic E-state index is 12.0. The van der Waals surface area contributed by atoms with E-state index in [1.807, 2.05) is 19.9 Å². The van der Waals surface area contributed by atoms with Crippen molar-refractivity contribution in [1.29, 1.82) is 0 Å². The molecule has 0 amide bonds. The Balaban J connectivity index is 2.28. The maximum atomic E-state index is 12.0. The molecule has 19 heavy (non-hydrogen) atoms. The van der Waals surface area contributed by atoms with Gasteiger partial charge in [0.1, 0.15) is 0 Å². The zero-order valence-electron chi connectivity index (χ0n) is 11.9. The minimum Gasteiger partial charge on any atom is -0.459 e. The van der Waals surface area contributed by atoms with Crippen LogP contribution in [-0.4, -0.2) is 30.1 Å². The molecule has 0 bridgehead atoms. The van der Waals surface area contributed by atoms with Crippen LogP contribution in [0.2, 0.25) is 0 Å². The van der Waals surface area contributed by atoms with Crippen LogP contribution in [-0.2, 0) is 17.7 Å². The molecule has 0 fully saturated rings. The molecule has 0 saturated carbocycles. The van der Waals surface area contributed by atoms with E-state index in [2.05, 4.69) is 11.8 Å². The van der Waals surface area contributed by atoms with Gasteiger partial charge in [-0.1, -0.05) is 13.0 Å². The van der Waals surface area contributed by atoms with E-state index in [9.17, 15) is 4.79 Å². The van der Waals surface area contributed by atoms with Crippen LogP contribution in [0.15, 0.2) is 12.1 Å². The van der Waals surface area contributed by atoms with Crippen molar-refractivity contribution in [3.63, 3.8) is 0 Å². The van der Waals surface area contributed by atoms with Crippen LogP contribution in [0.1, 0.15) is 42.3 Å². The molecule has 4 heteroatoms. The minimum absolute atomic E-state index is 0.126. The molecule has 0 saturated heterocycles. The molecule has 0 unspecified atom stereocenters. The first-order valence-electron chi connectivity index (χ1n) is 6.86. The Kier molecular flexibility index (Phi) is 4.10. The predicted molar refractivity (Wildman–Crippen MR) is 76.1 cm³/mol. The number of carbonyl (C=O) groups is 1. The van der Waals surface area contributed by atoms with Crippen LogP contribution in [0, 0.1) is 0 Å². The largest absolute Gasteiger partial charge is 0.459 e. The molecule has 0 spiro atoms. The van der Waals surface area contributed by atoms with E-state index < -0.39 is 0 Å². The summed E-state index contributed by atoms with van der Waals surface area (Å²) in [5.74, 6) is -0.326. The highest BCUT2D eigenvalue weighted by Crippen LogP contribution is 2.28. The van der Waals surface area contributed by atoms with Gasteiger partial charge in [-0.2, -0.15) is 0 Å². The van der Waals surface area contributed by atoms with Crippen molar-refractivity contribution < 1.29 is 9.53 Å². The number of nitrogens with two attached hydrogens (primary N) is 1. The van der Waals surface area contributed by atoms with Gasteiger partial charge in [0, 0.05) is 18.8 Å². The lowest BCUT2D eigenvalue weighted by atomic mass is 9.95. The summed E-state index contributed by atoms with van der Waals surface area (Å²) in [5, 5.41) is 0. The van der Waals surface area contributed by atoms with Gasteiger partial charge in [-0.05, 0) is 44.0 Å². The lowest BCUT2D eigenvalue weighted by Gasteiger charge is -2.29. The fourth-order valence-corrected chi connectivity index (χ4v) is 2.47. The number of carbonyl (C=O) groups excluding carboxylic acids is 1. The van der Waals surface area contributed by atoms with E-state index >= 15 is 0 Å².